The van der Waals surface area contributed by atoms with Crippen molar-refractivity contribution in [2.45, 2.75) is 45.4 Å². The molecule has 0 spiro atoms. The Morgan fingerprint density at radius 2 is 2.26 bits per heavy atom. The maximum atomic E-state index is 11.4. The molecule has 1 aliphatic rings. The van der Waals surface area contributed by atoms with Crippen LogP contribution in [-0.4, -0.2) is 24.7 Å². The first-order chi connectivity index (χ1) is 8.93. The van der Waals surface area contributed by atoms with E-state index in [2.05, 4.69) is 25.2 Å². The number of para-hydroxylation sites is 1. The van der Waals surface area contributed by atoms with Gasteiger partial charge in [0.05, 0.1) is 7.11 Å². The molecule has 1 unspecified atom stereocenters. The number of fused-ring (bicyclic) bond motifs is 1. The highest BCUT2D eigenvalue weighted by molar-refractivity contribution is 5.75. The Labute approximate surface area is 114 Å². The molecule has 4 nitrogen and oxygen atoms in total. The molecule has 1 atom stereocenters. The third-order valence-corrected chi connectivity index (χ3v) is 3.33. The predicted molar refractivity (Wildman–Crippen MR) is 73.2 cm³/mol. The fourth-order valence-electron chi connectivity index (χ4n) is 2.34. The van der Waals surface area contributed by atoms with E-state index in [4.69, 9.17) is 9.47 Å². The maximum absolute atomic E-state index is 11.4. The zero-order valence-corrected chi connectivity index (χ0v) is 11.9. The summed E-state index contributed by atoms with van der Waals surface area (Å²) in [5.74, 6) is 0.700. The molecule has 1 heterocycles. The summed E-state index contributed by atoms with van der Waals surface area (Å²) in [6.07, 6.45) is 0.919. The normalized spacial score (nSPS) is 17.5. The molecule has 1 aliphatic heterocycles. The van der Waals surface area contributed by atoms with E-state index < -0.39 is 0 Å². The molecule has 0 aliphatic carbocycles. The quantitative estimate of drug-likeness (QED) is 0.845. The lowest BCUT2D eigenvalue weighted by atomic mass is 10.0. The molecule has 0 saturated heterocycles. The fourth-order valence-corrected chi connectivity index (χ4v) is 2.34. The second-order valence-corrected chi connectivity index (χ2v) is 5.57. The lowest BCUT2D eigenvalue weighted by Gasteiger charge is -2.19. The van der Waals surface area contributed by atoms with Crippen molar-refractivity contribution in [2.75, 3.05) is 7.11 Å². The van der Waals surface area contributed by atoms with Crippen LogP contribution in [0.15, 0.2) is 18.2 Å². The first-order valence-corrected chi connectivity index (χ1v) is 6.54. The molecule has 0 saturated carbocycles. The molecule has 0 fully saturated rings. The number of rotatable bonds is 4. The summed E-state index contributed by atoms with van der Waals surface area (Å²) in [4.78, 5) is 11.4. The Hall–Kier alpha value is -1.55. The van der Waals surface area contributed by atoms with Crippen LogP contribution in [0.5, 0.6) is 5.75 Å². The van der Waals surface area contributed by atoms with Crippen molar-refractivity contribution in [2.24, 2.45) is 0 Å². The summed E-state index contributed by atoms with van der Waals surface area (Å²) in [6.45, 7) is 6.55. The van der Waals surface area contributed by atoms with E-state index in [1.807, 2.05) is 12.1 Å². The molecule has 104 valence electrons. The Kier molecular flexibility index (Phi) is 3.80. The molecule has 1 N–H and O–H groups in total. The summed E-state index contributed by atoms with van der Waals surface area (Å²) in [7, 11) is 1.40. The van der Waals surface area contributed by atoms with Crippen LogP contribution in [0.1, 0.15) is 31.9 Å². The topological polar surface area (TPSA) is 47.6 Å². The Morgan fingerprint density at radius 3 is 2.95 bits per heavy atom. The maximum Gasteiger partial charge on any atom is 0.322 e. The zero-order valence-electron chi connectivity index (χ0n) is 11.9. The van der Waals surface area contributed by atoms with E-state index in [1.165, 1.54) is 12.7 Å². The van der Waals surface area contributed by atoms with E-state index in [1.54, 1.807) is 6.92 Å². The van der Waals surface area contributed by atoms with Gasteiger partial charge in [0.2, 0.25) is 0 Å². The molecule has 0 amide bonds. The number of carbonyl (C=O) groups is 1. The Morgan fingerprint density at radius 1 is 1.53 bits per heavy atom. The van der Waals surface area contributed by atoms with Crippen molar-refractivity contribution < 1.29 is 14.3 Å². The summed E-state index contributed by atoms with van der Waals surface area (Å²) >= 11 is 0. The largest absolute Gasteiger partial charge is 0.487 e. The smallest absolute Gasteiger partial charge is 0.322 e. The molecule has 19 heavy (non-hydrogen) atoms. The zero-order chi connectivity index (χ0) is 14.0. The Balaban J connectivity index is 2.08. The van der Waals surface area contributed by atoms with Crippen molar-refractivity contribution in [3.05, 3.63) is 29.3 Å². The van der Waals surface area contributed by atoms with Crippen LogP contribution in [0, 0.1) is 0 Å². The van der Waals surface area contributed by atoms with Gasteiger partial charge in [0.1, 0.15) is 17.4 Å². The standard InChI is InChI=1S/C15H21NO3/c1-10(14(17)18-4)16-9-12-7-5-6-11-8-15(2,3)19-13(11)12/h5-7,10,16H,8-9H2,1-4H3. The molecule has 4 heteroatoms. The highest BCUT2D eigenvalue weighted by atomic mass is 16.5. The van der Waals surface area contributed by atoms with Gasteiger partial charge in [0, 0.05) is 18.5 Å². The molecule has 1 aromatic rings. The number of hydrogen-bond donors (Lipinski definition) is 1. The minimum absolute atomic E-state index is 0.146. The van der Waals surface area contributed by atoms with E-state index in [0.717, 1.165) is 17.7 Å². The van der Waals surface area contributed by atoms with Gasteiger partial charge >= 0.3 is 5.97 Å². The van der Waals surface area contributed by atoms with Gasteiger partial charge in [-0.2, -0.15) is 0 Å². The summed E-state index contributed by atoms with van der Waals surface area (Å²) in [6, 6.07) is 5.83. The molecular formula is C15H21NO3. The van der Waals surface area contributed by atoms with Gasteiger partial charge in [-0.1, -0.05) is 18.2 Å². The lowest BCUT2D eigenvalue weighted by Crippen LogP contribution is -2.34. The average Bonchev–Trinajstić information content (AvgIpc) is 2.69. The second kappa shape index (κ2) is 5.21. The molecule has 0 radical (unpaired) electrons. The van der Waals surface area contributed by atoms with Crippen LogP contribution >= 0.6 is 0 Å². The fraction of sp³-hybridized carbons (Fsp3) is 0.533. The number of benzene rings is 1. The highest BCUT2D eigenvalue weighted by Gasteiger charge is 2.31. The van der Waals surface area contributed by atoms with Crippen LogP contribution in [0.4, 0.5) is 0 Å². The van der Waals surface area contributed by atoms with E-state index >= 15 is 0 Å². The number of carbonyl (C=O) groups excluding carboxylic acids is 1. The first kappa shape index (κ1) is 13.9. The molecule has 0 aromatic heterocycles. The van der Waals surface area contributed by atoms with Gasteiger partial charge in [-0.25, -0.2) is 0 Å². The van der Waals surface area contributed by atoms with E-state index in [9.17, 15) is 4.79 Å². The third-order valence-electron chi connectivity index (χ3n) is 3.33. The first-order valence-electron chi connectivity index (χ1n) is 6.54. The van der Waals surface area contributed by atoms with E-state index in [0.29, 0.717) is 6.54 Å². The number of hydrogen-bond acceptors (Lipinski definition) is 4. The van der Waals surface area contributed by atoms with Crippen LogP contribution in [0.3, 0.4) is 0 Å². The van der Waals surface area contributed by atoms with Crippen molar-refractivity contribution in [1.82, 2.24) is 5.32 Å². The van der Waals surface area contributed by atoms with Crippen molar-refractivity contribution in [3.63, 3.8) is 0 Å². The van der Waals surface area contributed by atoms with Crippen LogP contribution in [0.25, 0.3) is 0 Å². The van der Waals surface area contributed by atoms with Gasteiger partial charge in [-0.15, -0.1) is 0 Å². The number of methoxy groups -OCH3 is 1. The van der Waals surface area contributed by atoms with E-state index in [-0.39, 0.29) is 17.6 Å². The van der Waals surface area contributed by atoms with Gasteiger partial charge < -0.3 is 14.8 Å². The highest BCUT2D eigenvalue weighted by Crippen LogP contribution is 2.37. The monoisotopic (exact) mass is 263 g/mol. The molecule has 1 aromatic carbocycles. The molecule has 0 bridgehead atoms. The summed E-state index contributed by atoms with van der Waals surface area (Å²) in [5, 5.41) is 3.15. The number of esters is 1. The van der Waals surface area contributed by atoms with Gasteiger partial charge in [-0.3, -0.25) is 4.79 Å². The minimum atomic E-state index is -0.324. The van der Waals surface area contributed by atoms with Gasteiger partial charge in [-0.05, 0) is 26.3 Å². The van der Waals surface area contributed by atoms with Gasteiger partial charge in [0.25, 0.3) is 0 Å². The van der Waals surface area contributed by atoms with Crippen molar-refractivity contribution >= 4 is 5.97 Å². The third kappa shape index (κ3) is 3.07. The van der Waals surface area contributed by atoms with Crippen molar-refractivity contribution in [1.29, 1.82) is 0 Å². The Bertz CT molecular complexity index is 482. The predicted octanol–water partition coefficient (Wildman–Crippen LogP) is 2.05. The lowest BCUT2D eigenvalue weighted by molar-refractivity contribution is -0.142. The van der Waals surface area contributed by atoms with Crippen LogP contribution in [0.2, 0.25) is 0 Å². The summed E-state index contributed by atoms with van der Waals surface area (Å²) < 4.78 is 10.7. The second-order valence-electron chi connectivity index (χ2n) is 5.57. The van der Waals surface area contributed by atoms with Crippen LogP contribution in [-0.2, 0) is 22.5 Å². The van der Waals surface area contributed by atoms with Gasteiger partial charge in [0.15, 0.2) is 0 Å². The molecular weight excluding hydrogens is 242 g/mol. The van der Waals surface area contributed by atoms with Crippen LogP contribution < -0.4 is 10.1 Å². The average molecular weight is 263 g/mol. The molecule has 2 rings (SSSR count). The summed E-state index contributed by atoms with van der Waals surface area (Å²) in [5.41, 5.74) is 2.17. The number of nitrogens with one attached hydrogen (secondary N) is 1. The minimum Gasteiger partial charge on any atom is -0.487 e. The SMILES string of the molecule is COC(=O)C(C)NCc1cccc2c1OC(C)(C)C2. The number of ether oxygens (including phenoxy) is 2. The van der Waals surface area contributed by atoms with Crippen molar-refractivity contribution in [3.8, 4) is 5.75 Å².